The molecule has 1 saturated heterocycles. The van der Waals surface area contributed by atoms with Crippen molar-refractivity contribution in [2.24, 2.45) is 0 Å². The Labute approximate surface area is 72.4 Å². The van der Waals surface area contributed by atoms with Crippen LogP contribution in [0.2, 0.25) is 0 Å². The van der Waals surface area contributed by atoms with Gasteiger partial charge < -0.3 is 5.11 Å². The van der Waals surface area contributed by atoms with Crippen LogP contribution in [0.15, 0.2) is 0 Å². The van der Waals surface area contributed by atoms with Crippen LogP contribution in [0.1, 0.15) is 19.3 Å². The van der Waals surface area contributed by atoms with E-state index in [0.29, 0.717) is 6.54 Å². The highest BCUT2D eigenvalue weighted by Gasteiger charge is 2.27. The number of carboxylic acids is 1. The van der Waals surface area contributed by atoms with Gasteiger partial charge in [-0.2, -0.15) is 0 Å². The molecule has 0 aromatic rings. The Morgan fingerprint density at radius 2 is 2.42 bits per heavy atom. The van der Waals surface area contributed by atoms with Gasteiger partial charge in [0.25, 0.3) is 0 Å². The minimum atomic E-state index is -0.745. The number of hydrogen-bond acceptors (Lipinski definition) is 2. The number of carbonyl (C=O) groups is 1. The van der Waals surface area contributed by atoms with Gasteiger partial charge in [-0.3, -0.25) is 9.69 Å². The van der Waals surface area contributed by atoms with Gasteiger partial charge in [0.1, 0.15) is 6.04 Å². The summed E-state index contributed by atoms with van der Waals surface area (Å²) in [4.78, 5) is 12.6. The molecule has 1 fully saturated rings. The molecule has 0 amide bonds. The number of nitrogens with zero attached hydrogens (tertiary/aromatic N) is 1. The molecule has 12 heavy (non-hydrogen) atoms. The highest BCUT2D eigenvalue weighted by molar-refractivity contribution is 5.73. The predicted octanol–water partition coefficient (Wildman–Crippen LogP) is 0.559. The SMILES string of the molecule is C#CCN1CCCC[C@H]1C(=O)O. The molecule has 0 spiro atoms. The maximum absolute atomic E-state index is 10.7. The van der Waals surface area contributed by atoms with E-state index in [1.807, 2.05) is 4.90 Å². The Morgan fingerprint density at radius 3 is 3.00 bits per heavy atom. The second kappa shape index (κ2) is 4.13. The van der Waals surface area contributed by atoms with E-state index in [2.05, 4.69) is 5.92 Å². The molecule has 66 valence electrons. The number of carboxylic acid groups (broad SMARTS) is 1. The first kappa shape index (κ1) is 9.08. The largest absolute Gasteiger partial charge is 0.480 e. The second-order valence-electron chi connectivity index (χ2n) is 3.02. The molecule has 1 aliphatic rings. The molecule has 0 radical (unpaired) electrons. The minimum absolute atomic E-state index is 0.352. The molecule has 0 bridgehead atoms. The van der Waals surface area contributed by atoms with Crippen LogP contribution < -0.4 is 0 Å². The van der Waals surface area contributed by atoms with Gasteiger partial charge >= 0.3 is 5.97 Å². The maximum atomic E-state index is 10.7. The lowest BCUT2D eigenvalue weighted by molar-refractivity contribution is -0.144. The van der Waals surface area contributed by atoms with E-state index in [-0.39, 0.29) is 6.04 Å². The molecular weight excluding hydrogens is 154 g/mol. The van der Waals surface area contributed by atoms with E-state index >= 15 is 0 Å². The van der Waals surface area contributed by atoms with E-state index in [0.717, 1.165) is 25.8 Å². The summed E-state index contributed by atoms with van der Waals surface area (Å²) in [5.41, 5.74) is 0. The summed E-state index contributed by atoms with van der Waals surface area (Å²) in [7, 11) is 0. The average molecular weight is 167 g/mol. The van der Waals surface area contributed by atoms with Gasteiger partial charge in [0.05, 0.1) is 6.54 Å². The van der Waals surface area contributed by atoms with Crippen molar-refractivity contribution in [3.63, 3.8) is 0 Å². The molecular formula is C9H13NO2. The van der Waals surface area contributed by atoms with Gasteiger partial charge in [0, 0.05) is 0 Å². The lowest BCUT2D eigenvalue weighted by Crippen LogP contribution is -2.44. The Bertz CT molecular complexity index is 207. The summed E-state index contributed by atoms with van der Waals surface area (Å²) < 4.78 is 0. The van der Waals surface area contributed by atoms with Gasteiger partial charge in [-0.25, -0.2) is 0 Å². The fraction of sp³-hybridized carbons (Fsp3) is 0.667. The first-order valence-corrected chi connectivity index (χ1v) is 4.16. The van der Waals surface area contributed by atoms with Gasteiger partial charge in [-0.15, -0.1) is 6.42 Å². The fourth-order valence-electron chi connectivity index (χ4n) is 1.58. The van der Waals surface area contributed by atoms with E-state index in [9.17, 15) is 4.79 Å². The lowest BCUT2D eigenvalue weighted by atomic mass is 10.0. The monoisotopic (exact) mass is 167 g/mol. The Morgan fingerprint density at radius 1 is 1.67 bits per heavy atom. The number of piperidine rings is 1. The van der Waals surface area contributed by atoms with E-state index in [1.54, 1.807) is 0 Å². The first-order valence-electron chi connectivity index (χ1n) is 4.16. The zero-order chi connectivity index (χ0) is 8.97. The van der Waals surface area contributed by atoms with Crippen molar-refractivity contribution in [2.75, 3.05) is 13.1 Å². The Kier molecular flexibility index (Phi) is 3.12. The van der Waals surface area contributed by atoms with Gasteiger partial charge in [0.2, 0.25) is 0 Å². The third-order valence-electron chi connectivity index (χ3n) is 2.19. The van der Waals surface area contributed by atoms with Gasteiger partial charge in [-0.1, -0.05) is 12.3 Å². The number of hydrogen-bond donors (Lipinski definition) is 1. The predicted molar refractivity (Wildman–Crippen MR) is 45.7 cm³/mol. The molecule has 3 nitrogen and oxygen atoms in total. The molecule has 0 aromatic heterocycles. The summed E-state index contributed by atoms with van der Waals surface area (Å²) >= 11 is 0. The van der Waals surface area contributed by atoms with Crippen LogP contribution in [0.25, 0.3) is 0 Å². The highest BCUT2D eigenvalue weighted by atomic mass is 16.4. The van der Waals surface area contributed by atoms with Crippen LogP contribution in [-0.4, -0.2) is 35.1 Å². The summed E-state index contributed by atoms with van der Waals surface area (Å²) in [6.07, 6.45) is 7.93. The zero-order valence-corrected chi connectivity index (χ0v) is 6.99. The third kappa shape index (κ3) is 1.99. The third-order valence-corrected chi connectivity index (χ3v) is 2.19. The van der Waals surface area contributed by atoms with E-state index < -0.39 is 5.97 Å². The number of terminal acetylenes is 1. The zero-order valence-electron chi connectivity index (χ0n) is 6.99. The number of aliphatic carboxylic acids is 1. The molecule has 3 heteroatoms. The van der Waals surface area contributed by atoms with Crippen LogP contribution in [0.5, 0.6) is 0 Å². The van der Waals surface area contributed by atoms with Crippen LogP contribution in [-0.2, 0) is 4.79 Å². The van der Waals surface area contributed by atoms with Crippen molar-refractivity contribution in [1.82, 2.24) is 4.90 Å². The van der Waals surface area contributed by atoms with Crippen molar-refractivity contribution >= 4 is 5.97 Å². The second-order valence-corrected chi connectivity index (χ2v) is 3.02. The molecule has 0 unspecified atom stereocenters. The molecule has 1 atom stereocenters. The fourth-order valence-corrected chi connectivity index (χ4v) is 1.58. The summed E-state index contributed by atoms with van der Waals surface area (Å²) in [5.74, 6) is 1.74. The average Bonchev–Trinajstić information content (AvgIpc) is 2.05. The van der Waals surface area contributed by atoms with Crippen molar-refractivity contribution in [3.05, 3.63) is 0 Å². The quantitative estimate of drug-likeness (QED) is 0.611. The first-order chi connectivity index (χ1) is 5.75. The Balaban J connectivity index is 2.55. The van der Waals surface area contributed by atoms with Crippen LogP contribution in [0, 0.1) is 12.3 Å². The summed E-state index contributed by atoms with van der Waals surface area (Å²) in [6.45, 7) is 1.28. The topological polar surface area (TPSA) is 40.5 Å². The molecule has 1 rings (SSSR count). The highest BCUT2D eigenvalue weighted by Crippen LogP contribution is 2.16. The molecule has 0 aromatic carbocycles. The van der Waals surface area contributed by atoms with Crippen molar-refractivity contribution in [3.8, 4) is 12.3 Å². The van der Waals surface area contributed by atoms with Crippen LogP contribution >= 0.6 is 0 Å². The normalized spacial score (nSPS) is 24.8. The molecule has 1 N–H and O–H groups in total. The minimum Gasteiger partial charge on any atom is -0.480 e. The molecule has 1 heterocycles. The van der Waals surface area contributed by atoms with Gasteiger partial charge in [-0.05, 0) is 19.4 Å². The number of rotatable bonds is 2. The molecule has 0 aliphatic carbocycles. The number of likely N-dealkylation sites (tertiary alicyclic amines) is 1. The van der Waals surface area contributed by atoms with E-state index in [1.165, 1.54) is 0 Å². The van der Waals surface area contributed by atoms with Crippen molar-refractivity contribution in [2.45, 2.75) is 25.3 Å². The maximum Gasteiger partial charge on any atom is 0.320 e. The molecule has 1 aliphatic heterocycles. The molecule has 0 saturated carbocycles. The van der Waals surface area contributed by atoms with Crippen LogP contribution in [0.3, 0.4) is 0 Å². The summed E-state index contributed by atoms with van der Waals surface area (Å²) in [5, 5.41) is 8.83. The van der Waals surface area contributed by atoms with Crippen molar-refractivity contribution in [1.29, 1.82) is 0 Å². The smallest absolute Gasteiger partial charge is 0.320 e. The van der Waals surface area contributed by atoms with Gasteiger partial charge in [0.15, 0.2) is 0 Å². The van der Waals surface area contributed by atoms with Crippen molar-refractivity contribution < 1.29 is 9.90 Å². The lowest BCUT2D eigenvalue weighted by Gasteiger charge is -2.30. The van der Waals surface area contributed by atoms with Crippen LogP contribution in [0.4, 0.5) is 0 Å². The standard InChI is InChI=1S/C9H13NO2/c1-2-6-10-7-4-3-5-8(10)9(11)12/h1,8H,3-7H2,(H,11,12)/t8-/m0/s1. The Hall–Kier alpha value is -1.01. The summed E-state index contributed by atoms with van der Waals surface area (Å²) in [6, 6.07) is -0.352. The van der Waals surface area contributed by atoms with E-state index in [4.69, 9.17) is 11.5 Å².